The van der Waals surface area contributed by atoms with Gasteiger partial charge in [0.2, 0.25) is 0 Å². The predicted octanol–water partition coefficient (Wildman–Crippen LogP) is 2.90. The third-order valence-corrected chi connectivity index (χ3v) is 3.23. The van der Waals surface area contributed by atoms with Gasteiger partial charge < -0.3 is 15.8 Å². The molecule has 0 aliphatic carbocycles. The Morgan fingerprint density at radius 3 is 2.94 bits per heavy atom. The second-order valence-corrected chi connectivity index (χ2v) is 4.95. The van der Waals surface area contributed by atoms with Crippen LogP contribution in [-0.2, 0) is 4.74 Å². The average molecular weight is 241 g/mol. The molecule has 1 saturated heterocycles. The number of para-hydroxylation sites is 1. The molecule has 88 valence electrons. The van der Waals surface area contributed by atoms with Crippen molar-refractivity contribution in [3.8, 4) is 0 Å². The number of anilines is 2. The third-order valence-electron chi connectivity index (χ3n) is 2.91. The van der Waals surface area contributed by atoms with E-state index in [1.54, 1.807) is 0 Å². The molecule has 0 aromatic heterocycles. The molecule has 0 radical (unpaired) electrons. The number of hydrogen-bond donors (Lipinski definition) is 2. The van der Waals surface area contributed by atoms with Crippen LogP contribution in [0.1, 0.15) is 19.8 Å². The highest BCUT2D eigenvalue weighted by molar-refractivity contribution is 6.33. The van der Waals surface area contributed by atoms with Crippen LogP contribution in [0.3, 0.4) is 0 Å². The van der Waals surface area contributed by atoms with Crippen LogP contribution in [0.2, 0.25) is 5.02 Å². The summed E-state index contributed by atoms with van der Waals surface area (Å²) in [6.07, 6.45) is 2.13. The number of nitrogen functional groups attached to an aromatic ring is 1. The molecule has 2 rings (SSSR count). The van der Waals surface area contributed by atoms with Gasteiger partial charge in [0.05, 0.1) is 28.5 Å². The van der Waals surface area contributed by atoms with Crippen LogP contribution in [0.5, 0.6) is 0 Å². The van der Waals surface area contributed by atoms with Crippen LogP contribution in [0, 0.1) is 0 Å². The second kappa shape index (κ2) is 4.52. The number of halogens is 1. The summed E-state index contributed by atoms with van der Waals surface area (Å²) < 4.78 is 5.49. The number of nitrogens with one attached hydrogen (secondary N) is 1. The molecule has 3 nitrogen and oxygen atoms in total. The maximum absolute atomic E-state index is 6.13. The summed E-state index contributed by atoms with van der Waals surface area (Å²) in [4.78, 5) is 0. The van der Waals surface area contributed by atoms with Gasteiger partial charge in [-0.3, -0.25) is 0 Å². The van der Waals surface area contributed by atoms with Crippen molar-refractivity contribution in [1.82, 2.24) is 0 Å². The quantitative estimate of drug-likeness (QED) is 0.782. The Balaban J connectivity index is 2.19. The zero-order chi connectivity index (χ0) is 11.6. The van der Waals surface area contributed by atoms with Crippen molar-refractivity contribution in [2.24, 2.45) is 0 Å². The van der Waals surface area contributed by atoms with Crippen LogP contribution in [0.15, 0.2) is 18.2 Å². The van der Waals surface area contributed by atoms with Crippen LogP contribution < -0.4 is 11.1 Å². The highest BCUT2D eigenvalue weighted by atomic mass is 35.5. The van der Waals surface area contributed by atoms with E-state index in [9.17, 15) is 0 Å². The van der Waals surface area contributed by atoms with Crippen molar-refractivity contribution in [3.05, 3.63) is 23.2 Å². The highest BCUT2D eigenvalue weighted by Gasteiger charge is 2.28. The second-order valence-electron chi connectivity index (χ2n) is 4.55. The fraction of sp³-hybridized carbons (Fsp3) is 0.500. The van der Waals surface area contributed by atoms with Gasteiger partial charge in [-0.05, 0) is 31.9 Å². The molecule has 4 heteroatoms. The molecule has 1 aromatic carbocycles. The number of benzene rings is 1. The lowest BCUT2D eigenvalue weighted by Crippen LogP contribution is -2.43. The van der Waals surface area contributed by atoms with Crippen LogP contribution in [-0.4, -0.2) is 18.8 Å². The van der Waals surface area contributed by atoms with Gasteiger partial charge >= 0.3 is 0 Å². The minimum absolute atomic E-state index is 0.0721. The van der Waals surface area contributed by atoms with Crippen molar-refractivity contribution < 1.29 is 4.74 Å². The average Bonchev–Trinajstić information content (AvgIpc) is 2.25. The molecule has 0 amide bonds. The highest BCUT2D eigenvalue weighted by Crippen LogP contribution is 2.33. The van der Waals surface area contributed by atoms with E-state index in [1.165, 1.54) is 0 Å². The molecule has 1 aliphatic rings. The summed E-state index contributed by atoms with van der Waals surface area (Å²) in [5.74, 6) is 0. The zero-order valence-electron chi connectivity index (χ0n) is 9.42. The zero-order valence-corrected chi connectivity index (χ0v) is 10.2. The Morgan fingerprint density at radius 1 is 1.50 bits per heavy atom. The molecule has 1 aromatic rings. The standard InChI is InChI=1S/C12H17ClN2O/c1-12(6-3-7-16-8-12)15-11-9(13)4-2-5-10(11)14/h2,4-5,15H,3,6-8,14H2,1H3. The van der Waals surface area contributed by atoms with E-state index in [-0.39, 0.29) is 5.54 Å². The molecule has 1 atom stereocenters. The summed E-state index contributed by atoms with van der Waals surface area (Å²) in [6, 6.07) is 5.54. The lowest BCUT2D eigenvalue weighted by atomic mass is 9.94. The van der Waals surface area contributed by atoms with Crippen molar-refractivity contribution in [2.75, 3.05) is 24.3 Å². The number of hydrogen-bond acceptors (Lipinski definition) is 3. The molecule has 3 N–H and O–H groups in total. The van der Waals surface area contributed by atoms with Gasteiger partial charge in [0.15, 0.2) is 0 Å². The van der Waals surface area contributed by atoms with Crippen molar-refractivity contribution in [3.63, 3.8) is 0 Å². The van der Waals surface area contributed by atoms with Gasteiger partial charge in [0.1, 0.15) is 0 Å². The predicted molar refractivity (Wildman–Crippen MR) is 67.9 cm³/mol. The summed E-state index contributed by atoms with van der Waals surface area (Å²) in [7, 11) is 0. The smallest absolute Gasteiger partial charge is 0.0768 e. The summed E-state index contributed by atoms with van der Waals surface area (Å²) in [5.41, 5.74) is 7.33. The monoisotopic (exact) mass is 240 g/mol. The molecule has 1 aliphatic heterocycles. The van der Waals surface area contributed by atoms with E-state index in [0.29, 0.717) is 17.3 Å². The first-order chi connectivity index (χ1) is 7.61. The molecule has 1 unspecified atom stereocenters. The molecular weight excluding hydrogens is 224 g/mol. The maximum atomic E-state index is 6.13. The molecule has 16 heavy (non-hydrogen) atoms. The van der Waals surface area contributed by atoms with E-state index in [1.807, 2.05) is 18.2 Å². The van der Waals surface area contributed by atoms with E-state index >= 15 is 0 Å². The van der Waals surface area contributed by atoms with Gasteiger partial charge in [-0.2, -0.15) is 0 Å². The summed E-state index contributed by atoms with van der Waals surface area (Å²) >= 11 is 6.13. The normalized spacial score (nSPS) is 25.4. The Morgan fingerprint density at radius 2 is 2.31 bits per heavy atom. The van der Waals surface area contributed by atoms with Crippen molar-refractivity contribution >= 4 is 23.0 Å². The topological polar surface area (TPSA) is 47.3 Å². The Bertz CT molecular complexity index is 355. The molecule has 1 fully saturated rings. The first kappa shape index (κ1) is 11.6. The van der Waals surface area contributed by atoms with Crippen LogP contribution >= 0.6 is 11.6 Å². The minimum atomic E-state index is -0.0721. The molecular formula is C12H17ClN2O. The van der Waals surface area contributed by atoms with Crippen molar-refractivity contribution in [1.29, 1.82) is 0 Å². The van der Waals surface area contributed by atoms with Gasteiger partial charge in [0.25, 0.3) is 0 Å². The SMILES string of the molecule is CC1(Nc2c(N)cccc2Cl)CCCOC1. The summed E-state index contributed by atoms with van der Waals surface area (Å²) in [6.45, 7) is 3.67. The largest absolute Gasteiger partial charge is 0.397 e. The lowest BCUT2D eigenvalue weighted by Gasteiger charge is -2.35. The van der Waals surface area contributed by atoms with Gasteiger partial charge in [-0.1, -0.05) is 17.7 Å². The van der Waals surface area contributed by atoms with Crippen LogP contribution in [0.4, 0.5) is 11.4 Å². The first-order valence-electron chi connectivity index (χ1n) is 5.51. The van der Waals surface area contributed by atoms with Crippen LogP contribution in [0.25, 0.3) is 0 Å². The minimum Gasteiger partial charge on any atom is -0.397 e. The first-order valence-corrected chi connectivity index (χ1v) is 5.88. The number of rotatable bonds is 2. The summed E-state index contributed by atoms with van der Waals surface area (Å²) in [5, 5.41) is 4.07. The third kappa shape index (κ3) is 2.42. The van der Waals surface area contributed by atoms with E-state index < -0.39 is 0 Å². The fourth-order valence-corrected chi connectivity index (χ4v) is 2.24. The Labute approximate surface area is 101 Å². The van der Waals surface area contributed by atoms with E-state index in [4.69, 9.17) is 22.1 Å². The van der Waals surface area contributed by atoms with Gasteiger partial charge in [-0.15, -0.1) is 0 Å². The van der Waals surface area contributed by atoms with Gasteiger partial charge in [-0.25, -0.2) is 0 Å². The molecule has 0 spiro atoms. The fourth-order valence-electron chi connectivity index (χ4n) is 2.01. The molecule has 0 bridgehead atoms. The van der Waals surface area contributed by atoms with Gasteiger partial charge in [0, 0.05) is 6.61 Å². The van der Waals surface area contributed by atoms with Crippen molar-refractivity contribution in [2.45, 2.75) is 25.3 Å². The lowest BCUT2D eigenvalue weighted by molar-refractivity contribution is 0.0541. The number of ether oxygens (including phenoxy) is 1. The Hall–Kier alpha value is -0.930. The number of nitrogens with two attached hydrogens (primary N) is 1. The van der Waals surface area contributed by atoms with E-state index in [0.717, 1.165) is 25.1 Å². The molecule has 1 heterocycles. The Kier molecular flexibility index (Phi) is 3.26. The maximum Gasteiger partial charge on any atom is 0.0768 e. The molecule has 0 saturated carbocycles. The van der Waals surface area contributed by atoms with E-state index in [2.05, 4.69) is 12.2 Å².